The Labute approximate surface area is 141 Å². The molecule has 0 radical (unpaired) electrons. The predicted octanol–water partition coefficient (Wildman–Crippen LogP) is 3.80. The molecule has 0 fully saturated rings. The number of aromatic hydroxyl groups is 1. The molecule has 1 aromatic heterocycles. The minimum Gasteiger partial charge on any atom is -0.508 e. The number of nitrogens with one attached hydrogen (secondary N) is 1. The second-order valence-corrected chi connectivity index (χ2v) is 5.50. The Bertz CT molecular complexity index is 792. The van der Waals surface area contributed by atoms with E-state index >= 15 is 0 Å². The fourth-order valence-corrected chi connectivity index (χ4v) is 2.53. The van der Waals surface area contributed by atoms with Gasteiger partial charge in [-0.15, -0.1) is 0 Å². The maximum atomic E-state index is 9.32. The second-order valence-electron chi connectivity index (χ2n) is 5.50. The SMILES string of the molecule is CCOc1ccc(-c2cnc(NCc3ccc(O)cc3)n2C)cc1. The Morgan fingerprint density at radius 2 is 1.79 bits per heavy atom. The Morgan fingerprint density at radius 3 is 2.46 bits per heavy atom. The van der Waals surface area contributed by atoms with Crippen molar-refractivity contribution in [3.05, 3.63) is 60.3 Å². The van der Waals surface area contributed by atoms with Crippen molar-refractivity contribution in [1.29, 1.82) is 0 Å². The summed E-state index contributed by atoms with van der Waals surface area (Å²) in [6.45, 7) is 3.28. The number of aromatic nitrogens is 2. The van der Waals surface area contributed by atoms with Crippen molar-refractivity contribution in [3.8, 4) is 22.8 Å². The summed E-state index contributed by atoms with van der Waals surface area (Å²) in [6, 6.07) is 15.1. The summed E-state index contributed by atoms with van der Waals surface area (Å²) in [5.74, 6) is 1.94. The van der Waals surface area contributed by atoms with E-state index in [0.717, 1.165) is 28.5 Å². The normalized spacial score (nSPS) is 10.6. The van der Waals surface area contributed by atoms with Gasteiger partial charge in [-0.25, -0.2) is 4.98 Å². The van der Waals surface area contributed by atoms with Crippen LogP contribution in [-0.4, -0.2) is 21.3 Å². The minimum atomic E-state index is 0.272. The Balaban J connectivity index is 1.72. The molecule has 5 heteroatoms. The van der Waals surface area contributed by atoms with E-state index in [-0.39, 0.29) is 5.75 Å². The third-order valence-corrected chi connectivity index (χ3v) is 3.84. The first-order valence-corrected chi connectivity index (χ1v) is 7.94. The highest BCUT2D eigenvalue weighted by Crippen LogP contribution is 2.24. The molecule has 0 amide bonds. The number of benzene rings is 2. The number of rotatable bonds is 6. The molecule has 24 heavy (non-hydrogen) atoms. The molecule has 3 rings (SSSR count). The molecule has 124 valence electrons. The van der Waals surface area contributed by atoms with E-state index < -0.39 is 0 Å². The van der Waals surface area contributed by atoms with Crippen molar-refractivity contribution in [2.75, 3.05) is 11.9 Å². The summed E-state index contributed by atoms with van der Waals surface area (Å²) in [7, 11) is 1.98. The number of phenolic OH excluding ortho intramolecular Hbond substituents is 1. The molecule has 0 aliphatic rings. The lowest BCUT2D eigenvalue weighted by atomic mass is 10.1. The van der Waals surface area contributed by atoms with Gasteiger partial charge in [0.15, 0.2) is 0 Å². The minimum absolute atomic E-state index is 0.272. The summed E-state index contributed by atoms with van der Waals surface area (Å²) < 4.78 is 7.50. The van der Waals surface area contributed by atoms with Crippen LogP contribution in [0.3, 0.4) is 0 Å². The Morgan fingerprint density at radius 1 is 1.08 bits per heavy atom. The van der Waals surface area contributed by atoms with Gasteiger partial charge in [0.1, 0.15) is 11.5 Å². The van der Waals surface area contributed by atoms with Crippen LogP contribution in [0.4, 0.5) is 5.95 Å². The van der Waals surface area contributed by atoms with Crippen molar-refractivity contribution in [3.63, 3.8) is 0 Å². The molecule has 0 aliphatic carbocycles. The molecule has 2 aromatic carbocycles. The van der Waals surface area contributed by atoms with Gasteiger partial charge < -0.3 is 19.7 Å². The van der Waals surface area contributed by atoms with Gasteiger partial charge in [-0.05, 0) is 48.9 Å². The zero-order chi connectivity index (χ0) is 16.9. The fraction of sp³-hybridized carbons (Fsp3) is 0.211. The van der Waals surface area contributed by atoms with E-state index in [9.17, 15) is 5.11 Å². The van der Waals surface area contributed by atoms with Crippen LogP contribution in [0.5, 0.6) is 11.5 Å². The molecule has 2 N–H and O–H groups in total. The van der Waals surface area contributed by atoms with E-state index in [2.05, 4.69) is 10.3 Å². The van der Waals surface area contributed by atoms with Crippen LogP contribution < -0.4 is 10.1 Å². The lowest BCUT2D eigenvalue weighted by molar-refractivity contribution is 0.340. The van der Waals surface area contributed by atoms with Crippen molar-refractivity contribution in [2.24, 2.45) is 7.05 Å². The van der Waals surface area contributed by atoms with Gasteiger partial charge in [0.05, 0.1) is 18.5 Å². The predicted molar refractivity (Wildman–Crippen MR) is 95.2 cm³/mol. The van der Waals surface area contributed by atoms with Crippen molar-refractivity contribution in [1.82, 2.24) is 9.55 Å². The number of hydrogen-bond acceptors (Lipinski definition) is 4. The van der Waals surface area contributed by atoms with E-state index in [1.54, 1.807) is 12.1 Å². The van der Waals surface area contributed by atoms with Gasteiger partial charge >= 0.3 is 0 Å². The molecule has 0 saturated carbocycles. The van der Waals surface area contributed by atoms with E-state index in [1.807, 2.05) is 61.1 Å². The monoisotopic (exact) mass is 323 g/mol. The molecule has 0 spiro atoms. The van der Waals surface area contributed by atoms with Crippen LogP contribution in [0.2, 0.25) is 0 Å². The quantitative estimate of drug-likeness (QED) is 0.724. The standard InChI is InChI=1S/C19H21N3O2/c1-3-24-17-10-6-15(7-11-17)18-13-21-19(22(18)2)20-12-14-4-8-16(23)9-5-14/h4-11,13,23H,3,12H2,1-2H3,(H,20,21). The zero-order valence-electron chi connectivity index (χ0n) is 13.9. The first kappa shape index (κ1) is 15.9. The van der Waals surface area contributed by atoms with Crippen LogP contribution >= 0.6 is 0 Å². The first-order valence-electron chi connectivity index (χ1n) is 7.94. The molecular weight excluding hydrogens is 302 g/mol. The summed E-state index contributed by atoms with van der Waals surface area (Å²) in [4.78, 5) is 4.45. The summed E-state index contributed by atoms with van der Waals surface area (Å²) >= 11 is 0. The molecule has 1 heterocycles. The average Bonchev–Trinajstić information content (AvgIpc) is 2.96. The maximum absolute atomic E-state index is 9.32. The highest BCUT2D eigenvalue weighted by molar-refractivity contribution is 5.62. The van der Waals surface area contributed by atoms with Gasteiger partial charge in [-0.1, -0.05) is 12.1 Å². The number of anilines is 1. The van der Waals surface area contributed by atoms with Gasteiger partial charge in [0, 0.05) is 19.2 Å². The van der Waals surface area contributed by atoms with Crippen LogP contribution in [0.1, 0.15) is 12.5 Å². The van der Waals surface area contributed by atoms with Gasteiger partial charge in [-0.3, -0.25) is 0 Å². The lowest BCUT2D eigenvalue weighted by Crippen LogP contribution is -2.05. The maximum Gasteiger partial charge on any atom is 0.203 e. The molecule has 5 nitrogen and oxygen atoms in total. The fourth-order valence-electron chi connectivity index (χ4n) is 2.53. The van der Waals surface area contributed by atoms with Crippen LogP contribution in [0, 0.1) is 0 Å². The number of ether oxygens (including phenoxy) is 1. The van der Waals surface area contributed by atoms with E-state index in [0.29, 0.717) is 13.2 Å². The van der Waals surface area contributed by atoms with E-state index in [4.69, 9.17) is 4.74 Å². The Kier molecular flexibility index (Phi) is 4.70. The Hall–Kier alpha value is -2.95. The third-order valence-electron chi connectivity index (χ3n) is 3.84. The molecule has 0 bridgehead atoms. The highest BCUT2D eigenvalue weighted by atomic mass is 16.5. The smallest absolute Gasteiger partial charge is 0.203 e. The molecule has 0 aliphatic heterocycles. The number of hydrogen-bond donors (Lipinski definition) is 2. The molecule has 0 saturated heterocycles. The van der Waals surface area contributed by atoms with Gasteiger partial charge in [0.25, 0.3) is 0 Å². The van der Waals surface area contributed by atoms with Crippen LogP contribution in [0.25, 0.3) is 11.3 Å². The van der Waals surface area contributed by atoms with Crippen molar-refractivity contribution < 1.29 is 9.84 Å². The first-order chi connectivity index (χ1) is 11.7. The zero-order valence-corrected chi connectivity index (χ0v) is 13.9. The third kappa shape index (κ3) is 3.51. The van der Waals surface area contributed by atoms with Crippen molar-refractivity contribution in [2.45, 2.75) is 13.5 Å². The highest BCUT2D eigenvalue weighted by Gasteiger charge is 2.08. The molecule has 0 atom stereocenters. The van der Waals surface area contributed by atoms with Gasteiger partial charge in [0.2, 0.25) is 5.95 Å². The van der Waals surface area contributed by atoms with Crippen LogP contribution in [-0.2, 0) is 13.6 Å². The average molecular weight is 323 g/mol. The molecule has 3 aromatic rings. The van der Waals surface area contributed by atoms with Crippen LogP contribution in [0.15, 0.2) is 54.7 Å². The molecular formula is C19H21N3O2. The summed E-state index contributed by atoms with van der Waals surface area (Å²) in [5, 5.41) is 12.6. The lowest BCUT2D eigenvalue weighted by Gasteiger charge is -2.09. The topological polar surface area (TPSA) is 59.3 Å². The van der Waals surface area contributed by atoms with Gasteiger partial charge in [-0.2, -0.15) is 0 Å². The second kappa shape index (κ2) is 7.08. The largest absolute Gasteiger partial charge is 0.508 e. The number of imidazole rings is 1. The molecule has 0 unspecified atom stereocenters. The number of phenols is 1. The van der Waals surface area contributed by atoms with E-state index in [1.165, 1.54) is 0 Å². The summed E-state index contributed by atoms with van der Waals surface area (Å²) in [5.41, 5.74) is 3.20. The summed E-state index contributed by atoms with van der Waals surface area (Å²) in [6.07, 6.45) is 1.86. The number of nitrogens with zero attached hydrogens (tertiary/aromatic N) is 2. The van der Waals surface area contributed by atoms with Crippen molar-refractivity contribution >= 4 is 5.95 Å².